The van der Waals surface area contributed by atoms with E-state index in [0.717, 1.165) is 18.9 Å². The van der Waals surface area contributed by atoms with Crippen LogP contribution in [-0.2, 0) is 0 Å². The Labute approximate surface area is 140 Å². The van der Waals surface area contributed by atoms with E-state index in [4.69, 9.17) is 0 Å². The number of halogens is 1. The Bertz CT molecular complexity index is 835. The number of rotatable bonds is 4. The summed E-state index contributed by atoms with van der Waals surface area (Å²) in [6.45, 7) is 2.47. The zero-order valence-electron chi connectivity index (χ0n) is 12.4. The van der Waals surface area contributed by atoms with Gasteiger partial charge in [0, 0.05) is 12.1 Å². The maximum Gasteiger partial charge on any atom is 0.251 e. The predicted molar refractivity (Wildman–Crippen MR) is 90.2 cm³/mol. The quantitative estimate of drug-likeness (QED) is 0.481. The SMILES string of the molecule is CCCCNC(=O)c1cc(O)c(=O)c2c(O)c(O)c(Br)cc2c1. The molecule has 1 amide bonds. The number of phenols is 2. The van der Waals surface area contributed by atoms with E-state index < -0.39 is 28.6 Å². The van der Waals surface area contributed by atoms with Gasteiger partial charge < -0.3 is 20.6 Å². The molecular weight excluding hydrogens is 366 g/mol. The summed E-state index contributed by atoms with van der Waals surface area (Å²) < 4.78 is 0.171. The molecule has 4 N–H and O–H groups in total. The van der Waals surface area contributed by atoms with Crippen molar-refractivity contribution < 1.29 is 20.1 Å². The molecule has 2 rings (SSSR count). The Balaban J connectivity index is 2.67. The zero-order valence-corrected chi connectivity index (χ0v) is 14.0. The van der Waals surface area contributed by atoms with Crippen molar-refractivity contribution in [2.45, 2.75) is 19.8 Å². The van der Waals surface area contributed by atoms with Crippen molar-refractivity contribution >= 4 is 32.6 Å². The number of nitrogens with one attached hydrogen (secondary N) is 1. The van der Waals surface area contributed by atoms with Crippen molar-refractivity contribution in [3.63, 3.8) is 0 Å². The lowest BCUT2D eigenvalue weighted by molar-refractivity contribution is 0.0953. The molecule has 0 aliphatic heterocycles. The van der Waals surface area contributed by atoms with Gasteiger partial charge in [0.1, 0.15) is 0 Å². The lowest BCUT2D eigenvalue weighted by atomic mass is 10.1. The van der Waals surface area contributed by atoms with E-state index in [0.29, 0.717) is 6.54 Å². The van der Waals surface area contributed by atoms with Crippen LogP contribution in [0.15, 0.2) is 27.5 Å². The minimum Gasteiger partial charge on any atom is -0.504 e. The number of amides is 1. The van der Waals surface area contributed by atoms with Crippen LogP contribution in [0.3, 0.4) is 0 Å². The first-order chi connectivity index (χ1) is 10.9. The molecule has 2 aromatic rings. The molecule has 0 aliphatic rings. The number of unbranched alkanes of at least 4 members (excludes halogenated alkanes) is 1. The fourth-order valence-electron chi connectivity index (χ4n) is 2.16. The molecule has 0 fully saturated rings. The summed E-state index contributed by atoms with van der Waals surface area (Å²) in [5, 5.41) is 32.2. The van der Waals surface area contributed by atoms with Crippen LogP contribution in [0.1, 0.15) is 30.1 Å². The molecule has 0 unspecified atom stereocenters. The van der Waals surface area contributed by atoms with Crippen LogP contribution >= 0.6 is 15.9 Å². The Morgan fingerprint density at radius 1 is 1.17 bits per heavy atom. The monoisotopic (exact) mass is 381 g/mol. The number of hydrogen-bond donors (Lipinski definition) is 4. The molecule has 0 heterocycles. The lowest BCUT2D eigenvalue weighted by Gasteiger charge is -2.04. The van der Waals surface area contributed by atoms with E-state index >= 15 is 0 Å². The van der Waals surface area contributed by atoms with Crippen LogP contribution in [0.25, 0.3) is 10.8 Å². The first-order valence-corrected chi connectivity index (χ1v) is 7.85. The molecule has 0 spiro atoms. The van der Waals surface area contributed by atoms with Crippen LogP contribution in [0.2, 0.25) is 0 Å². The number of benzene rings is 1. The van der Waals surface area contributed by atoms with Gasteiger partial charge >= 0.3 is 0 Å². The summed E-state index contributed by atoms with van der Waals surface area (Å²) >= 11 is 3.06. The summed E-state index contributed by atoms with van der Waals surface area (Å²) in [6, 6.07) is 3.82. The molecular formula is C16H16BrNO5. The molecule has 0 saturated carbocycles. The first-order valence-electron chi connectivity index (χ1n) is 7.06. The van der Waals surface area contributed by atoms with Crippen LogP contribution < -0.4 is 10.7 Å². The molecule has 0 radical (unpaired) electrons. The number of aromatic hydroxyl groups is 3. The average molecular weight is 382 g/mol. The van der Waals surface area contributed by atoms with Gasteiger partial charge in [-0.2, -0.15) is 0 Å². The normalized spacial score (nSPS) is 10.7. The Hall–Kier alpha value is -2.28. The third kappa shape index (κ3) is 3.39. The Kier molecular flexibility index (Phi) is 5.10. The molecule has 2 aromatic carbocycles. The molecule has 122 valence electrons. The van der Waals surface area contributed by atoms with Crippen molar-refractivity contribution in [3.05, 3.63) is 38.5 Å². The molecule has 23 heavy (non-hydrogen) atoms. The third-order valence-corrected chi connectivity index (χ3v) is 4.00. The van der Waals surface area contributed by atoms with Gasteiger partial charge in [-0.05, 0) is 45.9 Å². The molecule has 0 aromatic heterocycles. The van der Waals surface area contributed by atoms with E-state index in [-0.39, 0.29) is 20.8 Å². The van der Waals surface area contributed by atoms with Crippen molar-refractivity contribution in [1.82, 2.24) is 5.32 Å². The maximum absolute atomic E-state index is 12.2. The minimum atomic E-state index is -0.868. The zero-order chi connectivity index (χ0) is 17.1. The van der Waals surface area contributed by atoms with E-state index in [1.807, 2.05) is 6.92 Å². The molecule has 0 saturated heterocycles. The van der Waals surface area contributed by atoms with Gasteiger partial charge in [-0.1, -0.05) is 13.3 Å². The van der Waals surface area contributed by atoms with E-state index in [1.54, 1.807) is 0 Å². The number of carbonyl (C=O) groups is 1. The van der Waals surface area contributed by atoms with Gasteiger partial charge in [0.15, 0.2) is 17.2 Å². The van der Waals surface area contributed by atoms with Crippen LogP contribution in [0.5, 0.6) is 17.2 Å². The standard InChI is InChI=1S/C16H16BrNO5/c1-2-3-4-18-16(23)9-5-8-6-10(17)13(20)15(22)12(8)14(21)11(19)7-9/h5-7,20,22H,2-4H2,1H3,(H,18,23)(H,19,21). The summed E-state index contributed by atoms with van der Waals surface area (Å²) in [7, 11) is 0. The average Bonchev–Trinajstić information content (AvgIpc) is 2.63. The summed E-state index contributed by atoms with van der Waals surface area (Å²) in [5.74, 6) is -2.27. The summed E-state index contributed by atoms with van der Waals surface area (Å²) in [6.07, 6.45) is 1.73. The number of fused-ring (bicyclic) bond motifs is 1. The molecule has 6 nitrogen and oxygen atoms in total. The fourth-order valence-corrected chi connectivity index (χ4v) is 2.59. The topological polar surface area (TPSA) is 107 Å². The van der Waals surface area contributed by atoms with Crippen molar-refractivity contribution in [3.8, 4) is 17.2 Å². The van der Waals surface area contributed by atoms with Crippen molar-refractivity contribution in [2.24, 2.45) is 0 Å². The van der Waals surface area contributed by atoms with Gasteiger partial charge in [-0.25, -0.2) is 0 Å². The smallest absolute Gasteiger partial charge is 0.251 e. The van der Waals surface area contributed by atoms with Crippen LogP contribution in [0.4, 0.5) is 0 Å². The third-order valence-electron chi connectivity index (χ3n) is 3.40. The van der Waals surface area contributed by atoms with Gasteiger partial charge in [0.05, 0.1) is 9.86 Å². The largest absolute Gasteiger partial charge is 0.504 e. The first kappa shape index (κ1) is 17.1. The molecule has 7 heteroatoms. The van der Waals surface area contributed by atoms with Gasteiger partial charge in [-0.3, -0.25) is 9.59 Å². The second-order valence-electron chi connectivity index (χ2n) is 5.09. The minimum absolute atomic E-state index is 0.0858. The Morgan fingerprint density at radius 2 is 1.87 bits per heavy atom. The van der Waals surface area contributed by atoms with E-state index in [1.165, 1.54) is 12.1 Å². The number of phenolic OH excluding ortho intramolecular Hbond substituents is 2. The molecule has 0 bridgehead atoms. The highest BCUT2D eigenvalue weighted by Crippen LogP contribution is 2.38. The highest BCUT2D eigenvalue weighted by atomic mass is 79.9. The summed E-state index contributed by atoms with van der Waals surface area (Å²) in [4.78, 5) is 24.3. The molecule has 0 atom stereocenters. The Morgan fingerprint density at radius 3 is 2.52 bits per heavy atom. The van der Waals surface area contributed by atoms with Crippen molar-refractivity contribution in [2.75, 3.05) is 6.54 Å². The van der Waals surface area contributed by atoms with Gasteiger partial charge in [0.2, 0.25) is 5.43 Å². The van der Waals surface area contributed by atoms with Crippen LogP contribution in [-0.4, -0.2) is 27.8 Å². The van der Waals surface area contributed by atoms with Gasteiger partial charge in [-0.15, -0.1) is 0 Å². The number of carbonyl (C=O) groups excluding carboxylic acids is 1. The lowest BCUT2D eigenvalue weighted by Crippen LogP contribution is -2.24. The highest BCUT2D eigenvalue weighted by Gasteiger charge is 2.16. The fraction of sp³-hybridized carbons (Fsp3) is 0.250. The van der Waals surface area contributed by atoms with E-state index in [9.17, 15) is 24.9 Å². The number of hydrogen-bond acceptors (Lipinski definition) is 5. The van der Waals surface area contributed by atoms with Crippen molar-refractivity contribution in [1.29, 1.82) is 0 Å². The van der Waals surface area contributed by atoms with E-state index in [2.05, 4.69) is 21.2 Å². The summed E-state index contributed by atoms with van der Waals surface area (Å²) in [5.41, 5.74) is -0.782. The van der Waals surface area contributed by atoms with Crippen LogP contribution in [0, 0.1) is 0 Å². The maximum atomic E-state index is 12.2. The second-order valence-corrected chi connectivity index (χ2v) is 5.94. The van der Waals surface area contributed by atoms with Gasteiger partial charge in [0.25, 0.3) is 5.91 Å². The second kappa shape index (κ2) is 6.87. The highest BCUT2D eigenvalue weighted by molar-refractivity contribution is 9.10. The molecule has 0 aliphatic carbocycles. The predicted octanol–water partition coefficient (Wildman–Crippen LogP) is 2.61.